The highest BCUT2D eigenvalue weighted by molar-refractivity contribution is 9.10. The van der Waals surface area contributed by atoms with Crippen molar-refractivity contribution in [1.82, 2.24) is 0 Å². The summed E-state index contributed by atoms with van der Waals surface area (Å²) in [5.74, 6) is -0.367. The van der Waals surface area contributed by atoms with Gasteiger partial charge in [-0.3, -0.25) is 0 Å². The zero-order chi connectivity index (χ0) is 13.3. The minimum atomic E-state index is -0.367. The van der Waals surface area contributed by atoms with Gasteiger partial charge >= 0.3 is 0 Å². The van der Waals surface area contributed by atoms with Crippen LogP contribution in [-0.2, 0) is 0 Å². The predicted molar refractivity (Wildman–Crippen MR) is 75.2 cm³/mol. The molecule has 3 N–H and O–H groups in total. The molecule has 1 aromatic carbocycles. The molecule has 0 aromatic heterocycles. The summed E-state index contributed by atoms with van der Waals surface area (Å²) < 4.78 is 13.7. The van der Waals surface area contributed by atoms with Gasteiger partial charge in [0.15, 0.2) is 0 Å². The molecular weight excluding hydrogens is 299 g/mol. The normalized spacial score (nSPS) is 24.0. The van der Waals surface area contributed by atoms with Gasteiger partial charge in [0.05, 0.1) is 28.0 Å². The number of anilines is 2. The van der Waals surface area contributed by atoms with Crippen molar-refractivity contribution in [2.45, 2.75) is 37.8 Å². The monoisotopic (exact) mass is 316 g/mol. The van der Waals surface area contributed by atoms with Crippen molar-refractivity contribution in [3.63, 3.8) is 0 Å². The minimum absolute atomic E-state index is 0.0541. The maximum absolute atomic E-state index is 13.3. The number of aliphatic hydroxyl groups excluding tert-OH is 1. The van der Waals surface area contributed by atoms with Crippen molar-refractivity contribution in [3.8, 4) is 0 Å². The Hall–Kier alpha value is -0.810. The van der Waals surface area contributed by atoms with Crippen LogP contribution in [0.25, 0.3) is 0 Å². The summed E-state index contributed by atoms with van der Waals surface area (Å²) in [6.07, 6.45) is 3.58. The van der Waals surface area contributed by atoms with Gasteiger partial charge < -0.3 is 15.7 Å². The van der Waals surface area contributed by atoms with E-state index >= 15 is 0 Å². The Morgan fingerprint density at radius 3 is 2.72 bits per heavy atom. The van der Waals surface area contributed by atoms with E-state index in [1.807, 2.05) is 11.9 Å². The average Bonchev–Trinajstić information content (AvgIpc) is 2.33. The van der Waals surface area contributed by atoms with Gasteiger partial charge in [-0.25, -0.2) is 4.39 Å². The Morgan fingerprint density at radius 1 is 1.39 bits per heavy atom. The smallest absolute Gasteiger partial charge is 0.139 e. The molecule has 1 aliphatic rings. The molecule has 0 radical (unpaired) electrons. The number of halogens is 2. The summed E-state index contributed by atoms with van der Waals surface area (Å²) in [4.78, 5) is 1.96. The molecule has 0 spiro atoms. The lowest BCUT2D eigenvalue weighted by molar-refractivity contribution is 0.106. The van der Waals surface area contributed by atoms with Crippen LogP contribution in [0.3, 0.4) is 0 Å². The van der Waals surface area contributed by atoms with E-state index in [-0.39, 0.29) is 18.0 Å². The Morgan fingerprint density at radius 2 is 2.06 bits per heavy atom. The summed E-state index contributed by atoms with van der Waals surface area (Å²) >= 11 is 3.17. The number of likely N-dealkylation sites (N-methyl/N-ethyl adjacent to an activating group) is 1. The van der Waals surface area contributed by atoms with E-state index < -0.39 is 0 Å². The number of benzene rings is 1. The first-order valence-electron chi connectivity index (χ1n) is 6.16. The Labute approximate surface area is 115 Å². The second-order valence-corrected chi connectivity index (χ2v) is 5.71. The molecule has 18 heavy (non-hydrogen) atoms. The van der Waals surface area contributed by atoms with Gasteiger partial charge in [-0.05, 0) is 34.8 Å². The number of rotatable bonds is 2. The molecule has 2 unspecified atom stereocenters. The fourth-order valence-electron chi connectivity index (χ4n) is 2.58. The number of nitrogens with zero attached hydrogens (tertiary/aromatic N) is 1. The van der Waals surface area contributed by atoms with Crippen molar-refractivity contribution < 1.29 is 9.50 Å². The number of nitrogen functional groups attached to an aromatic ring is 1. The van der Waals surface area contributed by atoms with Crippen LogP contribution in [0.2, 0.25) is 0 Å². The highest BCUT2D eigenvalue weighted by atomic mass is 79.9. The first-order valence-corrected chi connectivity index (χ1v) is 6.95. The third-order valence-electron chi connectivity index (χ3n) is 3.64. The molecular formula is C13H18BrFN2O. The Kier molecular flexibility index (Phi) is 4.12. The number of hydrogen-bond donors (Lipinski definition) is 2. The highest BCUT2D eigenvalue weighted by Crippen LogP contribution is 2.33. The van der Waals surface area contributed by atoms with Gasteiger partial charge in [0.1, 0.15) is 5.82 Å². The summed E-state index contributed by atoms with van der Waals surface area (Å²) in [6, 6.07) is 3.04. The third kappa shape index (κ3) is 2.62. The van der Waals surface area contributed by atoms with Gasteiger partial charge in [0.2, 0.25) is 0 Å². The van der Waals surface area contributed by atoms with Gasteiger partial charge in [-0.15, -0.1) is 0 Å². The zero-order valence-electron chi connectivity index (χ0n) is 10.4. The van der Waals surface area contributed by atoms with E-state index in [0.717, 1.165) is 31.4 Å². The Balaban J connectivity index is 2.27. The molecule has 1 saturated carbocycles. The molecule has 1 aromatic rings. The van der Waals surface area contributed by atoms with Crippen molar-refractivity contribution in [3.05, 3.63) is 22.4 Å². The van der Waals surface area contributed by atoms with Crippen LogP contribution in [-0.4, -0.2) is 24.3 Å². The summed E-state index contributed by atoms with van der Waals surface area (Å²) in [5.41, 5.74) is 7.02. The molecule has 2 atom stereocenters. The zero-order valence-corrected chi connectivity index (χ0v) is 12.0. The second-order valence-electron chi connectivity index (χ2n) is 4.86. The lowest BCUT2D eigenvalue weighted by atomic mass is 9.91. The maximum Gasteiger partial charge on any atom is 0.139 e. The van der Waals surface area contributed by atoms with E-state index in [2.05, 4.69) is 15.9 Å². The van der Waals surface area contributed by atoms with Crippen LogP contribution in [0.5, 0.6) is 0 Å². The fourth-order valence-corrected chi connectivity index (χ4v) is 2.91. The summed E-state index contributed by atoms with van der Waals surface area (Å²) in [7, 11) is 1.90. The summed E-state index contributed by atoms with van der Waals surface area (Å²) in [5, 5.41) is 10.0. The van der Waals surface area contributed by atoms with E-state index in [1.54, 1.807) is 6.07 Å². The van der Waals surface area contributed by atoms with E-state index in [1.165, 1.54) is 6.07 Å². The van der Waals surface area contributed by atoms with Crippen LogP contribution in [0.1, 0.15) is 25.7 Å². The SMILES string of the molecule is CN(c1cc(Br)c(F)cc1N)C1CCCCC1O. The molecule has 0 saturated heterocycles. The lowest BCUT2D eigenvalue weighted by Crippen LogP contribution is -2.43. The van der Waals surface area contributed by atoms with Crippen LogP contribution < -0.4 is 10.6 Å². The standard InChI is InChI=1S/C13H18BrFN2O/c1-17(11-4-2-3-5-13(11)18)12-6-8(14)9(15)7-10(12)16/h6-7,11,13,18H,2-5,16H2,1H3. The third-order valence-corrected chi connectivity index (χ3v) is 4.25. The van der Waals surface area contributed by atoms with Gasteiger partial charge in [0, 0.05) is 13.1 Å². The van der Waals surface area contributed by atoms with Crippen LogP contribution in [0.4, 0.5) is 15.8 Å². The van der Waals surface area contributed by atoms with Crippen LogP contribution >= 0.6 is 15.9 Å². The van der Waals surface area contributed by atoms with E-state index in [9.17, 15) is 9.50 Å². The largest absolute Gasteiger partial charge is 0.397 e. The number of hydrogen-bond acceptors (Lipinski definition) is 3. The van der Waals surface area contributed by atoms with E-state index in [0.29, 0.717) is 10.2 Å². The van der Waals surface area contributed by atoms with Gasteiger partial charge in [0.25, 0.3) is 0 Å². The molecule has 1 fully saturated rings. The lowest BCUT2D eigenvalue weighted by Gasteiger charge is -2.37. The average molecular weight is 317 g/mol. The van der Waals surface area contributed by atoms with Crippen LogP contribution in [0.15, 0.2) is 16.6 Å². The molecule has 100 valence electrons. The fraction of sp³-hybridized carbons (Fsp3) is 0.538. The van der Waals surface area contributed by atoms with E-state index in [4.69, 9.17) is 5.73 Å². The van der Waals surface area contributed by atoms with Crippen molar-refractivity contribution in [2.24, 2.45) is 0 Å². The quantitative estimate of drug-likeness (QED) is 0.825. The van der Waals surface area contributed by atoms with Crippen molar-refractivity contribution in [2.75, 3.05) is 17.7 Å². The topological polar surface area (TPSA) is 49.5 Å². The van der Waals surface area contributed by atoms with Gasteiger partial charge in [-0.1, -0.05) is 12.8 Å². The number of nitrogens with two attached hydrogens (primary N) is 1. The molecule has 5 heteroatoms. The highest BCUT2D eigenvalue weighted by Gasteiger charge is 2.27. The molecule has 1 aliphatic carbocycles. The first-order chi connectivity index (χ1) is 8.50. The van der Waals surface area contributed by atoms with Crippen LogP contribution in [0, 0.1) is 5.82 Å². The molecule has 0 bridgehead atoms. The van der Waals surface area contributed by atoms with Crippen molar-refractivity contribution in [1.29, 1.82) is 0 Å². The van der Waals surface area contributed by atoms with Gasteiger partial charge in [-0.2, -0.15) is 0 Å². The molecule has 0 heterocycles. The summed E-state index contributed by atoms with van der Waals surface area (Å²) in [6.45, 7) is 0. The first kappa shape index (κ1) is 13.6. The molecule has 0 aliphatic heterocycles. The molecule has 2 rings (SSSR count). The number of aliphatic hydroxyl groups is 1. The maximum atomic E-state index is 13.3. The minimum Gasteiger partial charge on any atom is -0.397 e. The molecule has 3 nitrogen and oxygen atoms in total. The van der Waals surface area contributed by atoms with Crippen molar-refractivity contribution >= 4 is 27.3 Å². The predicted octanol–water partition coefficient (Wildman–Crippen LogP) is 2.91. The molecule has 0 amide bonds. The second kappa shape index (κ2) is 5.45. The Bertz CT molecular complexity index is 441.